The summed E-state index contributed by atoms with van der Waals surface area (Å²) in [5.41, 5.74) is 8.14. The van der Waals surface area contributed by atoms with E-state index in [1.165, 1.54) is 6.42 Å². The number of rotatable bonds is 5. The summed E-state index contributed by atoms with van der Waals surface area (Å²) >= 11 is 0. The third-order valence-electron chi connectivity index (χ3n) is 4.40. The number of aliphatic hydroxyl groups excluding tert-OH is 1. The van der Waals surface area contributed by atoms with Gasteiger partial charge in [-0.05, 0) is 26.7 Å². The molecule has 1 aliphatic rings. The summed E-state index contributed by atoms with van der Waals surface area (Å²) in [6.45, 7) is 4.32. The van der Waals surface area contributed by atoms with Gasteiger partial charge in [0.2, 0.25) is 5.91 Å². The number of hydrogen-bond acceptors (Lipinski definition) is 4. The second kappa shape index (κ2) is 6.93. The molecule has 0 saturated heterocycles. The normalized spacial score (nSPS) is 16.1. The molecule has 1 saturated carbocycles. The number of amides is 1. The van der Waals surface area contributed by atoms with Crippen molar-refractivity contribution in [2.75, 3.05) is 18.9 Å². The fourth-order valence-corrected chi connectivity index (χ4v) is 3.10. The molecule has 1 aliphatic carbocycles. The Bertz CT molecular complexity index is 492. The van der Waals surface area contributed by atoms with E-state index in [-0.39, 0.29) is 25.1 Å². The topological polar surface area (TPSA) is 84.4 Å². The van der Waals surface area contributed by atoms with Gasteiger partial charge in [-0.3, -0.25) is 9.48 Å². The molecule has 0 unspecified atom stereocenters. The number of aromatic nitrogens is 2. The molecule has 2 rings (SSSR count). The molecule has 6 nitrogen and oxygen atoms in total. The smallest absolute Gasteiger partial charge is 0.244 e. The van der Waals surface area contributed by atoms with Crippen LogP contribution in [0.3, 0.4) is 0 Å². The number of hydrogen-bond donors (Lipinski definition) is 2. The molecular weight excluding hydrogens is 268 g/mol. The van der Waals surface area contributed by atoms with E-state index in [1.807, 2.05) is 18.7 Å². The van der Waals surface area contributed by atoms with Crippen LogP contribution in [-0.4, -0.2) is 44.9 Å². The van der Waals surface area contributed by atoms with Crippen molar-refractivity contribution in [3.8, 4) is 0 Å². The van der Waals surface area contributed by atoms with E-state index in [0.717, 1.165) is 37.1 Å². The third kappa shape index (κ3) is 3.56. The van der Waals surface area contributed by atoms with Crippen LogP contribution in [0.4, 0.5) is 5.69 Å². The van der Waals surface area contributed by atoms with Gasteiger partial charge in [-0.2, -0.15) is 5.10 Å². The Labute approximate surface area is 125 Å². The molecule has 1 aromatic rings. The Balaban J connectivity index is 2.08. The maximum absolute atomic E-state index is 12.6. The van der Waals surface area contributed by atoms with Gasteiger partial charge in [0, 0.05) is 12.6 Å². The van der Waals surface area contributed by atoms with E-state index in [0.29, 0.717) is 12.2 Å². The molecule has 0 spiro atoms. The lowest BCUT2D eigenvalue weighted by molar-refractivity contribution is -0.135. The van der Waals surface area contributed by atoms with E-state index in [9.17, 15) is 9.90 Å². The lowest BCUT2D eigenvalue weighted by Gasteiger charge is -2.34. The van der Waals surface area contributed by atoms with Crippen molar-refractivity contribution in [3.05, 3.63) is 11.4 Å². The monoisotopic (exact) mass is 294 g/mol. The maximum atomic E-state index is 12.6. The lowest BCUT2D eigenvalue weighted by Crippen LogP contribution is -2.44. The third-order valence-corrected chi connectivity index (χ3v) is 4.40. The van der Waals surface area contributed by atoms with E-state index < -0.39 is 0 Å². The van der Waals surface area contributed by atoms with Gasteiger partial charge in [0.05, 0.1) is 23.7 Å². The molecule has 1 heterocycles. The van der Waals surface area contributed by atoms with Gasteiger partial charge in [0.15, 0.2) is 0 Å². The van der Waals surface area contributed by atoms with Crippen LogP contribution in [0.1, 0.15) is 43.5 Å². The summed E-state index contributed by atoms with van der Waals surface area (Å²) in [6, 6.07) is 0.257. The second-order valence-corrected chi connectivity index (χ2v) is 5.84. The molecule has 6 heteroatoms. The minimum Gasteiger partial charge on any atom is -0.396 e. The van der Waals surface area contributed by atoms with Crippen molar-refractivity contribution in [3.63, 3.8) is 0 Å². The highest BCUT2D eigenvalue weighted by molar-refractivity contribution is 5.76. The van der Waals surface area contributed by atoms with Crippen LogP contribution >= 0.6 is 0 Å². The quantitative estimate of drug-likeness (QED) is 0.855. The number of nitrogens with two attached hydrogens (primary N) is 1. The molecule has 1 fully saturated rings. The largest absolute Gasteiger partial charge is 0.396 e. The van der Waals surface area contributed by atoms with Crippen LogP contribution in [0.5, 0.6) is 0 Å². The minimum atomic E-state index is 0.00148. The molecule has 1 amide bonds. The van der Waals surface area contributed by atoms with Crippen molar-refractivity contribution in [2.24, 2.45) is 0 Å². The first kappa shape index (κ1) is 15.8. The van der Waals surface area contributed by atoms with Crippen molar-refractivity contribution >= 4 is 11.6 Å². The predicted molar refractivity (Wildman–Crippen MR) is 81.8 cm³/mol. The number of aliphatic hydroxyl groups is 1. The zero-order valence-corrected chi connectivity index (χ0v) is 13.0. The number of carbonyl (C=O) groups is 1. The Kier molecular flexibility index (Phi) is 5.22. The first-order valence-electron chi connectivity index (χ1n) is 7.74. The van der Waals surface area contributed by atoms with Gasteiger partial charge in [0.25, 0.3) is 0 Å². The summed E-state index contributed by atoms with van der Waals surface area (Å²) in [5.74, 6) is 0.0153. The molecular formula is C15H26N4O2. The van der Waals surface area contributed by atoms with Crippen LogP contribution < -0.4 is 5.73 Å². The highest BCUT2D eigenvalue weighted by Gasteiger charge is 2.25. The van der Waals surface area contributed by atoms with Crippen LogP contribution in [0.15, 0.2) is 0 Å². The van der Waals surface area contributed by atoms with Gasteiger partial charge in [-0.15, -0.1) is 0 Å². The summed E-state index contributed by atoms with van der Waals surface area (Å²) in [4.78, 5) is 14.4. The van der Waals surface area contributed by atoms with Crippen molar-refractivity contribution in [1.82, 2.24) is 14.7 Å². The van der Waals surface area contributed by atoms with E-state index in [2.05, 4.69) is 5.10 Å². The Morgan fingerprint density at radius 3 is 2.57 bits per heavy atom. The molecule has 0 bridgehead atoms. The molecule has 21 heavy (non-hydrogen) atoms. The van der Waals surface area contributed by atoms with Crippen molar-refractivity contribution in [2.45, 2.75) is 58.5 Å². The lowest BCUT2D eigenvalue weighted by atomic mass is 9.94. The summed E-state index contributed by atoms with van der Waals surface area (Å²) in [5, 5.41) is 13.6. The Morgan fingerprint density at radius 1 is 1.38 bits per heavy atom. The molecule has 0 aromatic carbocycles. The highest BCUT2D eigenvalue weighted by atomic mass is 16.3. The van der Waals surface area contributed by atoms with Crippen molar-refractivity contribution in [1.29, 1.82) is 0 Å². The average molecular weight is 294 g/mol. The van der Waals surface area contributed by atoms with Gasteiger partial charge < -0.3 is 15.7 Å². The Hall–Kier alpha value is -1.56. The van der Waals surface area contributed by atoms with Crippen LogP contribution in [0.2, 0.25) is 0 Å². The van der Waals surface area contributed by atoms with E-state index in [1.54, 1.807) is 4.68 Å². The summed E-state index contributed by atoms with van der Waals surface area (Å²) in [7, 11) is 0. The molecule has 0 atom stereocenters. The molecule has 1 aromatic heterocycles. The fraction of sp³-hybridized carbons (Fsp3) is 0.733. The van der Waals surface area contributed by atoms with Crippen LogP contribution in [0, 0.1) is 13.8 Å². The maximum Gasteiger partial charge on any atom is 0.244 e. The van der Waals surface area contributed by atoms with E-state index in [4.69, 9.17) is 5.73 Å². The van der Waals surface area contributed by atoms with Crippen LogP contribution in [-0.2, 0) is 11.3 Å². The molecule has 0 radical (unpaired) electrons. The number of anilines is 1. The molecule has 3 N–H and O–H groups in total. The first-order valence-corrected chi connectivity index (χ1v) is 7.74. The predicted octanol–water partition coefficient (Wildman–Crippen LogP) is 1.24. The highest BCUT2D eigenvalue weighted by Crippen LogP contribution is 2.23. The van der Waals surface area contributed by atoms with Crippen molar-refractivity contribution < 1.29 is 9.90 Å². The fourth-order valence-electron chi connectivity index (χ4n) is 3.10. The molecule has 0 aliphatic heterocycles. The summed E-state index contributed by atoms with van der Waals surface area (Å²) < 4.78 is 1.67. The van der Waals surface area contributed by atoms with Gasteiger partial charge in [-0.25, -0.2) is 0 Å². The Morgan fingerprint density at radius 2 is 2.05 bits per heavy atom. The zero-order chi connectivity index (χ0) is 15.4. The summed E-state index contributed by atoms with van der Waals surface area (Å²) in [6.07, 6.45) is 5.63. The van der Waals surface area contributed by atoms with Crippen LogP contribution in [0.25, 0.3) is 0 Å². The number of aryl methyl sites for hydroxylation is 1. The standard InChI is InChI=1S/C15H26N4O2/c1-11-15(16)12(2)19(17-11)10-14(21)18(8-9-20)13-6-4-3-5-7-13/h13,20H,3-10,16H2,1-2H3. The molecule has 118 valence electrons. The SMILES string of the molecule is Cc1nn(CC(=O)N(CCO)C2CCCCC2)c(C)c1N. The van der Waals surface area contributed by atoms with Gasteiger partial charge in [-0.1, -0.05) is 19.3 Å². The number of nitrogens with zero attached hydrogens (tertiary/aromatic N) is 3. The van der Waals surface area contributed by atoms with Gasteiger partial charge >= 0.3 is 0 Å². The second-order valence-electron chi connectivity index (χ2n) is 5.84. The number of nitrogen functional groups attached to an aromatic ring is 1. The average Bonchev–Trinajstić information content (AvgIpc) is 2.73. The zero-order valence-electron chi connectivity index (χ0n) is 13.0. The number of carbonyl (C=O) groups excluding carboxylic acids is 1. The van der Waals surface area contributed by atoms with Gasteiger partial charge in [0.1, 0.15) is 6.54 Å². The minimum absolute atomic E-state index is 0.00148. The first-order chi connectivity index (χ1) is 10.0. The van der Waals surface area contributed by atoms with E-state index >= 15 is 0 Å².